The first-order valence-electron chi connectivity index (χ1n) is 5.93. The Morgan fingerprint density at radius 3 is 2.59 bits per heavy atom. The van der Waals surface area contributed by atoms with Crippen LogP contribution >= 0.6 is 11.6 Å². The Morgan fingerprint density at radius 1 is 1.47 bits per heavy atom. The number of likely N-dealkylation sites (N-methyl/N-ethyl adjacent to an activating group) is 1. The van der Waals surface area contributed by atoms with Crippen LogP contribution in [0.25, 0.3) is 0 Å². The van der Waals surface area contributed by atoms with Gasteiger partial charge in [-0.2, -0.15) is 0 Å². The minimum absolute atomic E-state index is 0.322. The summed E-state index contributed by atoms with van der Waals surface area (Å²) in [5.41, 5.74) is 0. The lowest BCUT2D eigenvalue weighted by Crippen LogP contribution is -2.56. The van der Waals surface area contributed by atoms with Gasteiger partial charge in [0.1, 0.15) is 5.38 Å². The van der Waals surface area contributed by atoms with Gasteiger partial charge in [0, 0.05) is 25.7 Å². The van der Waals surface area contributed by atoms with Gasteiger partial charge in [-0.25, -0.2) is 4.79 Å². The first-order chi connectivity index (χ1) is 7.95. The third-order valence-corrected chi connectivity index (χ3v) is 3.25. The topological polar surface area (TPSA) is 52.6 Å². The van der Waals surface area contributed by atoms with Crippen LogP contribution in [-0.4, -0.2) is 59.3 Å². The molecule has 0 aromatic heterocycles. The summed E-state index contributed by atoms with van der Waals surface area (Å²) in [7, 11) is 0. The zero-order valence-corrected chi connectivity index (χ0v) is 11.3. The van der Waals surface area contributed by atoms with E-state index in [-0.39, 0.29) is 6.03 Å². The quantitative estimate of drug-likeness (QED) is 0.751. The van der Waals surface area contributed by atoms with Gasteiger partial charge in [-0.1, -0.05) is 6.92 Å². The number of carbonyl (C=O) groups excluding carboxylic acids is 2. The number of nitrogens with one attached hydrogen (secondary N) is 1. The highest BCUT2D eigenvalue weighted by molar-refractivity contribution is 6.31. The average molecular weight is 262 g/mol. The van der Waals surface area contributed by atoms with Gasteiger partial charge in [-0.15, -0.1) is 11.6 Å². The van der Waals surface area contributed by atoms with Crippen molar-refractivity contribution < 1.29 is 9.59 Å². The van der Waals surface area contributed by atoms with Crippen molar-refractivity contribution in [3.63, 3.8) is 0 Å². The van der Waals surface area contributed by atoms with E-state index in [1.807, 2.05) is 0 Å². The largest absolute Gasteiger partial charge is 0.324 e. The highest BCUT2D eigenvalue weighted by Gasteiger charge is 2.26. The predicted molar refractivity (Wildman–Crippen MR) is 67.1 cm³/mol. The number of carbonyl (C=O) groups is 2. The van der Waals surface area contributed by atoms with Gasteiger partial charge < -0.3 is 4.90 Å². The number of urea groups is 1. The first kappa shape index (κ1) is 14.3. The summed E-state index contributed by atoms with van der Waals surface area (Å²) in [6.45, 7) is 8.84. The molecule has 5 nitrogen and oxygen atoms in total. The number of alkyl halides is 1. The molecule has 98 valence electrons. The minimum atomic E-state index is -0.687. The second-order valence-corrected chi connectivity index (χ2v) is 4.99. The van der Waals surface area contributed by atoms with E-state index in [1.54, 1.807) is 11.8 Å². The summed E-state index contributed by atoms with van der Waals surface area (Å²) >= 11 is 5.59. The molecule has 0 radical (unpaired) electrons. The van der Waals surface area contributed by atoms with Gasteiger partial charge in [-0.05, 0) is 20.4 Å². The van der Waals surface area contributed by atoms with E-state index in [2.05, 4.69) is 24.1 Å². The number of rotatable bonds is 2. The van der Waals surface area contributed by atoms with E-state index >= 15 is 0 Å². The Balaban J connectivity index is 2.47. The summed E-state index contributed by atoms with van der Waals surface area (Å²) in [5, 5.41) is 1.61. The van der Waals surface area contributed by atoms with Crippen LogP contribution in [0.1, 0.15) is 20.8 Å². The van der Waals surface area contributed by atoms with Crippen LogP contribution in [0.3, 0.4) is 0 Å². The lowest BCUT2D eigenvalue weighted by molar-refractivity contribution is -0.119. The molecule has 6 heteroatoms. The Labute approximate surface area is 107 Å². The molecule has 0 aliphatic carbocycles. The summed E-state index contributed by atoms with van der Waals surface area (Å²) in [6.07, 6.45) is 0. The summed E-state index contributed by atoms with van der Waals surface area (Å²) < 4.78 is 0. The number of hydrogen-bond acceptors (Lipinski definition) is 3. The molecule has 1 rings (SSSR count). The molecule has 0 spiro atoms. The fourth-order valence-corrected chi connectivity index (χ4v) is 1.99. The highest BCUT2D eigenvalue weighted by Crippen LogP contribution is 2.09. The molecule has 2 unspecified atom stereocenters. The van der Waals surface area contributed by atoms with Crippen molar-refractivity contribution in [2.75, 3.05) is 26.2 Å². The van der Waals surface area contributed by atoms with Crippen LogP contribution in [0.2, 0.25) is 0 Å². The Bertz CT molecular complexity index is 296. The van der Waals surface area contributed by atoms with E-state index in [1.165, 1.54) is 0 Å². The molecule has 1 aliphatic rings. The SMILES string of the molecule is CCN1CCN(C(=O)NC(=O)C(C)Cl)CC1C. The fourth-order valence-electron chi connectivity index (χ4n) is 1.93. The maximum atomic E-state index is 11.8. The van der Waals surface area contributed by atoms with Crippen molar-refractivity contribution in [3.05, 3.63) is 0 Å². The van der Waals surface area contributed by atoms with Gasteiger partial charge in [0.2, 0.25) is 5.91 Å². The van der Waals surface area contributed by atoms with Gasteiger partial charge >= 0.3 is 6.03 Å². The van der Waals surface area contributed by atoms with E-state index in [9.17, 15) is 9.59 Å². The number of nitrogens with zero attached hydrogens (tertiary/aromatic N) is 2. The Kier molecular flexibility index (Phi) is 5.21. The number of imide groups is 1. The van der Waals surface area contributed by atoms with Crippen LogP contribution in [-0.2, 0) is 4.79 Å². The highest BCUT2D eigenvalue weighted by atomic mass is 35.5. The van der Waals surface area contributed by atoms with E-state index in [4.69, 9.17) is 11.6 Å². The number of hydrogen-bond donors (Lipinski definition) is 1. The molecule has 1 fully saturated rings. The van der Waals surface area contributed by atoms with Crippen LogP contribution < -0.4 is 5.32 Å². The van der Waals surface area contributed by atoms with Crippen LogP contribution in [0.5, 0.6) is 0 Å². The summed E-state index contributed by atoms with van der Waals surface area (Å²) in [6, 6.07) is -0.0202. The smallest absolute Gasteiger partial charge is 0.322 e. The predicted octanol–water partition coefficient (Wildman–Crippen LogP) is 0.876. The fraction of sp³-hybridized carbons (Fsp3) is 0.818. The van der Waals surface area contributed by atoms with Gasteiger partial charge in [0.25, 0.3) is 0 Å². The molecule has 1 saturated heterocycles. The zero-order chi connectivity index (χ0) is 13.0. The average Bonchev–Trinajstić information content (AvgIpc) is 2.28. The van der Waals surface area contributed by atoms with Gasteiger partial charge in [-0.3, -0.25) is 15.0 Å². The molecule has 1 heterocycles. The molecule has 3 amide bonds. The maximum absolute atomic E-state index is 11.8. The van der Waals surface area contributed by atoms with Crippen molar-refractivity contribution in [2.24, 2.45) is 0 Å². The third-order valence-electron chi connectivity index (χ3n) is 3.05. The van der Waals surface area contributed by atoms with Crippen LogP contribution in [0.4, 0.5) is 4.79 Å². The van der Waals surface area contributed by atoms with Gasteiger partial charge in [0.05, 0.1) is 0 Å². The van der Waals surface area contributed by atoms with Gasteiger partial charge in [0.15, 0.2) is 0 Å². The number of piperazine rings is 1. The number of halogens is 1. The summed E-state index contributed by atoms with van der Waals surface area (Å²) in [4.78, 5) is 27.0. The monoisotopic (exact) mass is 261 g/mol. The lowest BCUT2D eigenvalue weighted by atomic mass is 10.2. The first-order valence-corrected chi connectivity index (χ1v) is 6.37. The Hall–Kier alpha value is -0.810. The molecule has 0 aromatic rings. The number of amides is 3. The van der Waals surface area contributed by atoms with E-state index < -0.39 is 11.3 Å². The molecule has 1 N–H and O–H groups in total. The minimum Gasteiger partial charge on any atom is -0.322 e. The summed E-state index contributed by atoms with van der Waals surface area (Å²) in [5.74, 6) is -0.442. The maximum Gasteiger partial charge on any atom is 0.324 e. The molecule has 1 aliphatic heterocycles. The Morgan fingerprint density at radius 2 is 2.12 bits per heavy atom. The zero-order valence-electron chi connectivity index (χ0n) is 10.6. The van der Waals surface area contributed by atoms with Crippen LogP contribution in [0.15, 0.2) is 0 Å². The van der Waals surface area contributed by atoms with Crippen molar-refractivity contribution in [1.29, 1.82) is 0 Å². The van der Waals surface area contributed by atoms with Crippen molar-refractivity contribution in [3.8, 4) is 0 Å². The van der Waals surface area contributed by atoms with Crippen molar-refractivity contribution >= 4 is 23.5 Å². The molecule has 0 aromatic carbocycles. The molecule has 2 atom stereocenters. The normalized spacial score (nSPS) is 23.3. The second kappa shape index (κ2) is 6.21. The lowest BCUT2D eigenvalue weighted by Gasteiger charge is -2.39. The second-order valence-electron chi connectivity index (χ2n) is 4.33. The van der Waals surface area contributed by atoms with Crippen molar-refractivity contribution in [1.82, 2.24) is 15.1 Å². The third kappa shape index (κ3) is 3.85. The molecular weight excluding hydrogens is 242 g/mol. The van der Waals surface area contributed by atoms with Crippen molar-refractivity contribution in [2.45, 2.75) is 32.2 Å². The standard InChI is InChI=1S/C11H20ClN3O2/c1-4-14-5-6-15(7-8(14)2)11(17)13-10(16)9(3)12/h8-9H,4-7H2,1-3H3,(H,13,16,17). The van der Waals surface area contributed by atoms with E-state index in [0.29, 0.717) is 19.1 Å². The van der Waals surface area contributed by atoms with E-state index in [0.717, 1.165) is 13.1 Å². The molecule has 17 heavy (non-hydrogen) atoms. The molecule has 0 bridgehead atoms. The molecular formula is C11H20ClN3O2. The molecule has 0 saturated carbocycles. The van der Waals surface area contributed by atoms with Crippen LogP contribution in [0, 0.1) is 0 Å².